The van der Waals surface area contributed by atoms with E-state index in [1.807, 2.05) is 0 Å². The molecule has 21 heavy (non-hydrogen) atoms. The van der Waals surface area contributed by atoms with Crippen molar-refractivity contribution in [2.45, 2.75) is 43.8 Å². The third-order valence-electron chi connectivity index (χ3n) is 5.50. The van der Waals surface area contributed by atoms with Crippen molar-refractivity contribution in [3.8, 4) is 0 Å². The monoisotopic (exact) mass is 287 g/mol. The lowest BCUT2D eigenvalue weighted by Crippen LogP contribution is -2.58. The maximum atomic E-state index is 3.70. The van der Waals surface area contributed by atoms with Crippen LogP contribution < -0.4 is 5.32 Å². The van der Waals surface area contributed by atoms with Crippen molar-refractivity contribution in [3.63, 3.8) is 0 Å². The van der Waals surface area contributed by atoms with Crippen LogP contribution >= 0.6 is 0 Å². The van der Waals surface area contributed by atoms with E-state index in [1.54, 1.807) is 0 Å². The smallest absolute Gasteiger partial charge is 0.0330 e. The summed E-state index contributed by atoms with van der Waals surface area (Å²) in [7, 11) is 6.76. The van der Waals surface area contributed by atoms with E-state index in [9.17, 15) is 0 Å². The van der Waals surface area contributed by atoms with Crippen LogP contribution in [0.25, 0.3) is 0 Å². The highest BCUT2D eigenvalue weighted by Crippen LogP contribution is 2.36. The topological polar surface area (TPSA) is 18.5 Å². The number of nitrogens with one attached hydrogen (secondary N) is 1. The van der Waals surface area contributed by atoms with Crippen molar-refractivity contribution in [2.24, 2.45) is 0 Å². The number of rotatable bonds is 5. The van der Waals surface area contributed by atoms with E-state index in [2.05, 4.69) is 60.5 Å². The zero-order chi connectivity index (χ0) is 14.9. The van der Waals surface area contributed by atoms with Crippen LogP contribution in [0.1, 0.15) is 30.4 Å². The number of benzene rings is 1. The molecule has 1 aliphatic heterocycles. The summed E-state index contributed by atoms with van der Waals surface area (Å²) in [6, 6.07) is 9.43. The first kappa shape index (κ1) is 15.0. The molecule has 1 unspecified atom stereocenters. The van der Waals surface area contributed by atoms with Gasteiger partial charge in [-0.3, -0.25) is 0 Å². The Morgan fingerprint density at radius 2 is 1.86 bits per heavy atom. The molecule has 3 rings (SSSR count). The number of fused-ring (bicyclic) bond motifs is 1. The van der Waals surface area contributed by atoms with Gasteiger partial charge in [0, 0.05) is 31.2 Å². The lowest BCUT2D eigenvalue weighted by atomic mass is 9.75. The summed E-state index contributed by atoms with van der Waals surface area (Å²) in [4.78, 5) is 4.97. The van der Waals surface area contributed by atoms with Crippen molar-refractivity contribution < 1.29 is 0 Å². The maximum Gasteiger partial charge on any atom is 0.0330 e. The highest BCUT2D eigenvalue weighted by Gasteiger charge is 2.40. The van der Waals surface area contributed by atoms with E-state index >= 15 is 0 Å². The summed E-state index contributed by atoms with van der Waals surface area (Å²) in [5.74, 6) is 0. The summed E-state index contributed by atoms with van der Waals surface area (Å²) < 4.78 is 0. The first-order chi connectivity index (χ1) is 10.1. The Balaban J connectivity index is 1.55. The Kier molecular flexibility index (Phi) is 4.34. The minimum atomic E-state index is 0.432. The van der Waals surface area contributed by atoms with Gasteiger partial charge in [-0.1, -0.05) is 24.3 Å². The summed E-state index contributed by atoms with van der Waals surface area (Å²) >= 11 is 0. The van der Waals surface area contributed by atoms with Crippen LogP contribution in [0, 0.1) is 0 Å². The Hall–Kier alpha value is -0.900. The lowest BCUT2D eigenvalue weighted by molar-refractivity contribution is 0.0254. The van der Waals surface area contributed by atoms with Gasteiger partial charge in [-0.15, -0.1) is 0 Å². The average Bonchev–Trinajstić information content (AvgIpc) is 2.42. The van der Waals surface area contributed by atoms with E-state index in [0.29, 0.717) is 11.6 Å². The van der Waals surface area contributed by atoms with Gasteiger partial charge >= 0.3 is 0 Å². The van der Waals surface area contributed by atoms with Crippen LogP contribution in [0.15, 0.2) is 24.3 Å². The van der Waals surface area contributed by atoms with E-state index in [1.165, 1.54) is 36.9 Å². The summed E-state index contributed by atoms with van der Waals surface area (Å²) in [5, 5.41) is 3.70. The largest absolute Gasteiger partial charge is 0.308 e. The molecule has 0 amide bonds. The zero-order valence-electron chi connectivity index (χ0n) is 13.7. The molecule has 116 valence electrons. The minimum Gasteiger partial charge on any atom is -0.308 e. The van der Waals surface area contributed by atoms with Crippen LogP contribution in [0.5, 0.6) is 0 Å². The molecule has 1 aromatic rings. The second kappa shape index (κ2) is 6.07. The first-order valence-electron chi connectivity index (χ1n) is 8.25. The van der Waals surface area contributed by atoms with Gasteiger partial charge in [-0.2, -0.15) is 0 Å². The van der Waals surface area contributed by atoms with Crippen molar-refractivity contribution in [1.29, 1.82) is 0 Å². The van der Waals surface area contributed by atoms with Gasteiger partial charge in [0.25, 0.3) is 0 Å². The second-order valence-corrected chi connectivity index (χ2v) is 7.22. The maximum absolute atomic E-state index is 3.70. The molecule has 0 aromatic heterocycles. The standard InChI is InChI=1S/C18H29N3/c1-20(2)18(9-6-10-18)14-21(3)13-17-11-15-7-4-5-8-16(15)12-19-17/h4-5,7-8,17,19H,6,9-14H2,1-3H3. The zero-order valence-corrected chi connectivity index (χ0v) is 13.7. The van der Waals surface area contributed by atoms with E-state index < -0.39 is 0 Å². The molecule has 2 aliphatic rings. The Morgan fingerprint density at radius 1 is 1.14 bits per heavy atom. The third-order valence-corrected chi connectivity index (χ3v) is 5.50. The molecule has 0 saturated heterocycles. The van der Waals surface area contributed by atoms with Crippen LogP contribution in [0.4, 0.5) is 0 Å². The average molecular weight is 287 g/mol. The van der Waals surface area contributed by atoms with Crippen LogP contribution in [-0.4, -0.2) is 55.6 Å². The Bertz CT molecular complexity index is 479. The van der Waals surface area contributed by atoms with Gasteiger partial charge < -0.3 is 15.1 Å². The van der Waals surface area contributed by atoms with Gasteiger partial charge in [-0.05, 0) is 58.0 Å². The normalized spacial score (nSPS) is 24.0. The van der Waals surface area contributed by atoms with E-state index in [0.717, 1.165) is 19.5 Å². The predicted octanol–water partition coefficient (Wildman–Crippen LogP) is 2.12. The van der Waals surface area contributed by atoms with E-state index in [-0.39, 0.29) is 0 Å². The van der Waals surface area contributed by atoms with Gasteiger partial charge in [-0.25, -0.2) is 0 Å². The molecular weight excluding hydrogens is 258 g/mol. The summed E-state index contributed by atoms with van der Waals surface area (Å²) in [6.07, 6.45) is 5.26. The van der Waals surface area contributed by atoms with Gasteiger partial charge in [0.15, 0.2) is 0 Å². The van der Waals surface area contributed by atoms with Crippen LogP contribution in [0.2, 0.25) is 0 Å². The third kappa shape index (κ3) is 3.15. The molecule has 3 nitrogen and oxygen atoms in total. The Morgan fingerprint density at radius 3 is 2.48 bits per heavy atom. The highest BCUT2D eigenvalue weighted by atomic mass is 15.2. The Labute approximate surface area is 129 Å². The predicted molar refractivity (Wildman–Crippen MR) is 88.5 cm³/mol. The van der Waals surface area contributed by atoms with Crippen molar-refractivity contribution in [3.05, 3.63) is 35.4 Å². The summed E-state index contributed by atoms with van der Waals surface area (Å²) in [5.41, 5.74) is 3.43. The van der Waals surface area contributed by atoms with Crippen LogP contribution in [0.3, 0.4) is 0 Å². The molecule has 3 heteroatoms. The molecule has 1 aromatic carbocycles. The molecular formula is C18H29N3. The number of nitrogens with zero attached hydrogens (tertiary/aromatic N) is 2. The minimum absolute atomic E-state index is 0.432. The lowest BCUT2D eigenvalue weighted by Gasteiger charge is -2.49. The molecule has 1 saturated carbocycles. The van der Waals surface area contributed by atoms with Crippen molar-refractivity contribution >= 4 is 0 Å². The number of likely N-dealkylation sites (N-methyl/N-ethyl adjacent to an activating group) is 2. The molecule has 0 spiro atoms. The molecule has 1 aliphatic carbocycles. The van der Waals surface area contributed by atoms with Gasteiger partial charge in [0.1, 0.15) is 0 Å². The summed E-state index contributed by atoms with van der Waals surface area (Å²) in [6.45, 7) is 3.36. The molecule has 1 heterocycles. The van der Waals surface area contributed by atoms with Crippen molar-refractivity contribution in [2.75, 3.05) is 34.2 Å². The van der Waals surface area contributed by atoms with Gasteiger partial charge in [0.05, 0.1) is 0 Å². The molecule has 0 bridgehead atoms. The fraction of sp³-hybridized carbons (Fsp3) is 0.667. The fourth-order valence-corrected chi connectivity index (χ4v) is 3.92. The van der Waals surface area contributed by atoms with Crippen LogP contribution in [-0.2, 0) is 13.0 Å². The van der Waals surface area contributed by atoms with Gasteiger partial charge in [0.2, 0.25) is 0 Å². The quantitative estimate of drug-likeness (QED) is 0.895. The molecule has 1 N–H and O–H groups in total. The number of hydrogen-bond acceptors (Lipinski definition) is 3. The van der Waals surface area contributed by atoms with E-state index in [4.69, 9.17) is 0 Å². The first-order valence-corrected chi connectivity index (χ1v) is 8.25. The molecule has 1 fully saturated rings. The second-order valence-electron chi connectivity index (χ2n) is 7.22. The highest BCUT2D eigenvalue weighted by molar-refractivity contribution is 5.29. The fourth-order valence-electron chi connectivity index (χ4n) is 3.92. The SMILES string of the molecule is CN(CC1Cc2ccccc2CN1)CC1(N(C)C)CCC1. The van der Waals surface area contributed by atoms with Crippen molar-refractivity contribution in [1.82, 2.24) is 15.1 Å². The molecule has 0 radical (unpaired) electrons. The molecule has 1 atom stereocenters. The number of hydrogen-bond donors (Lipinski definition) is 1.